The number of amides is 1. The van der Waals surface area contributed by atoms with E-state index < -0.39 is 10.0 Å². The molecule has 6 nitrogen and oxygen atoms in total. The van der Waals surface area contributed by atoms with Gasteiger partial charge in [0.1, 0.15) is 5.75 Å². The van der Waals surface area contributed by atoms with E-state index in [0.717, 1.165) is 11.1 Å². The van der Waals surface area contributed by atoms with Crippen LogP contribution in [0.5, 0.6) is 5.75 Å². The van der Waals surface area contributed by atoms with Gasteiger partial charge in [-0.1, -0.05) is 12.1 Å². The highest BCUT2D eigenvalue weighted by atomic mass is 32.2. The summed E-state index contributed by atoms with van der Waals surface area (Å²) in [6, 6.07) is 12.3. The van der Waals surface area contributed by atoms with E-state index in [1.165, 1.54) is 10.6 Å². The number of nitrogens with one attached hydrogen (secondary N) is 1. The van der Waals surface area contributed by atoms with Crippen LogP contribution in [-0.4, -0.2) is 40.8 Å². The molecule has 1 amide bonds. The van der Waals surface area contributed by atoms with Gasteiger partial charge in [-0.05, 0) is 55.3 Å². The van der Waals surface area contributed by atoms with Crippen LogP contribution in [0.2, 0.25) is 0 Å². The van der Waals surface area contributed by atoms with E-state index in [0.29, 0.717) is 17.0 Å². The summed E-state index contributed by atoms with van der Waals surface area (Å²) in [4.78, 5) is 12.2. The standard InChI is InChI=1S/C19H24N2O4S/c1-14-6-5-7-18(15(14)2)21(26(4,23)24)13-12-20-19(22)16-8-10-17(25-3)11-9-16/h5-11H,12-13H2,1-4H3,(H,20,22). The van der Waals surface area contributed by atoms with E-state index in [1.54, 1.807) is 37.4 Å². The topological polar surface area (TPSA) is 75.7 Å². The minimum Gasteiger partial charge on any atom is -0.497 e. The minimum absolute atomic E-state index is 0.158. The first kappa shape index (κ1) is 19.8. The van der Waals surface area contributed by atoms with Gasteiger partial charge >= 0.3 is 0 Å². The first-order valence-corrected chi connectivity index (χ1v) is 10.0. The third-order valence-electron chi connectivity index (χ3n) is 4.20. The molecule has 2 aromatic rings. The molecule has 0 saturated carbocycles. The zero-order valence-electron chi connectivity index (χ0n) is 15.4. The maximum atomic E-state index is 12.2. The van der Waals surface area contributed by atoms with Crippen molar-refractivity contribution in [3.8, 4) is 5.75 Å². The van der Waals surface area contributed by atoms with Gasteiger partial charge in [0, 0.05) is 12.1 Å². The number of methoxy groups -OCH3 is 1. The Bertz CT molecular complexity index is 877. The molecule has 0 unspecified atom stereocenters. The lowest BCUT2D eigenvalue weighted by atomic mass is 10.1. The maximum Gasteiger partial charge on any atom is 0.251 e. The number of hydrogen-bond donors (Lipinski definition) is 1. The first-order chi connectivity index (χ1) is 12.2. The fourth-order valence-electron chi connectivity index (χ4n) is 2.59. The van der Waals surface area contributed by atoms with Gasteiger partial charge in [0.15, 0.2) is 0 Å². The Labute approximate surface area is 154 Å². The van der Waals surface area contributed by atoms with Crippen LogP contribution >= 0.6 is 0 Å². The number of anilines is 1. The van der Waals surface area contributed by atoms with Crippen LogP contribution in [0.1, 0.15) is 21.5 Å². The van der Waals surface area contributed by atoms with Crippen LogP contribution in [0, 0.1) is 13.8 Å². The van der Waals surface area contributed by atoms with Gasteiger partial charge in [0.05, 0.1) is 25.6 Å². The van der Waals surface area contributed by atoms with E-state index in [-0.39, 0.29) is 19.0 Å². The molecule has 26 heavy (non-hydrogen) atoms. The third kappa shape index (κ3) is 4.76. The molecule has 0 atom stereocenters. The van der Waals surface area contributed by atoms with E-state index in [2.05, 4.69) is 5.32 Å². The first-order valence-electron chi connectivity index (χ1n) is 8.20. The number of ether oxygens (including phenoxy) is 1. The average molecular weight is 376 g/mol. The van der Waals surface area contributed by atoms with Gasteiger partial charge in [-0.3, -0.25) is 9.10 Å². The maximum absolute atomic E-state index is 12.2. The van der Waals surface area contributed by atoms with Gasteiger partial charge in [0.2, 0.25) is 10.0 Å². The van der Waals surface area contributed by atoms with Crippen molar-refractivity contribution in [1.29, 1.82) is 0 Å². The van der Waals surface area contributed by atoms with Crippen molar-refractivity contribution in [2.45, 2.75) is 13.8 Å². The number of rotatable bonds is 7. The van der Waals surface area contributed by atoms with E-state index in [4.69, 9.17) is 4.74 Å². The molecule has 0 aliphatic rings. The number of carbonyl (C=O) groups is 1. The van der Waals surface area contributed by atoms with Crippen LogP contribution in [0.4, 0.5) is 5.69 Å². The number of hydrogen-bond acceptors (Lipinski definition) is 4. The molecule has 0 fully saturated rings. The molecule has 1 N–H and O–H groups in total. The molecule has 2 rings (SSSR count). The lowest BCUT2D eigenvalue weighted by Gasteiger charge is -2.25. The van der Waals surface area contributed by atoms with Gasteiger partial charge < -0.3 is 10.1 Å². The largest absolute Gasteiger partial charge is 0.497 e. The molecule has 0 spiro atoms. The molecular weight excluding hydrogens is 352 g/mol. The molecule has 0 aliphatic heterocycles. The van der Waals surface area contributed by atoms with Crippen molar-refractivity contribution in [2.24, 2.45) is 0 Å². The lowest BCUT2D eigenvalue weighted by Crippen LogP contribution is -2.38. The molecule has 0 radical (unpaired) electrons. The molecular formula is C19H24N2O4S. The summed E-state index contributed by atoms with van der Waals surface area (Å²) in [5.41, 5.74) is 3.03. The summed E-state index contributed by atoms with van der Waals surface area (Å²) >= 11 is 0. The van der Waals surface area contributed by atoms with Crippen molar-refractivity contribution in [3.05, 3.63) is 59.2 Å². The third-order valence-corrected chi connectivity index (χ3v) is 5.38. The number of nitrogens with zero attached hydrogens (tertiary/aromatic N) is 1. The molecule has 2 aromatic carbocycles. The molecule has 0 heterocycles. The molecule has 0 aromatic heterocycles. The highest BCUT2D eigenvalue weighted by Gasteiger charge is 2.19. The van der Waals surface area contributed by atoms with E-state index in [1.807, 2.05) is 26.0 Å². The van der Waals surface area contributed by atoms with Crippen molar-refractivity contribution in [1.82, 2.24) is 5.32 Å². The predicted molar refractivity (Wildman–Crippen MR) is 103 cm³/mol. The van der Waals surface area contributed by atoms with E-state index >= 15 is 0 Å². The summed E-state index contributed by atoms with van der Waals surface area (Å²) in [7, 11) is -1.91. The van der Waals surface area contributed by atoms with Crippen LogP contribution < -0.4 is 14.4 Å². The smallest absolute Gasteiger partial charge is 0.251 e. The number of benzene rings is 2. The van der Waals surface area contributed by atoms with Gasteiger partial charge in [-0.15, -0.1) is 0 Å². The average Bonchev–Trinajstić information content (AvgIpc) is 2.60. The van der Waals surface area contributed by atoms with Crippen LogP contribution in [0.3, 0.4) is 0 Å². The Morgan fingerprint density at radius 3 is 2.35 bits per heavy atom. The highest BCUT2D eigenvalue weighted by molar-refractivity contribution is 7.92. The Kier molecular flexibility index (Phi) is 6.26. The van der Waals surface area contributed by atoms with Gasteiger partial charge in [-0.25, -0.2) is 8.42 Å². The van der Waals surface area contributed by atoms with Crippen LogP contribution in [0.25, 0.3) is 0 Å². The predicted octanol–water partition coefficient (Wildman–Crippen LogP) is 2.51. The Morgan fingerprint density at radius 2 is 1.77 bits per heavy atom. The highest BCUT2D eigenvalue weighted by Crippen LogP contribution is 2.24. The molecule has 140 valence electrons. The summed E-state index contributed by atoms with van der Waals surface area (Å²) in [5, 5.41) is 2.76. The molecule has 0 saturated heterocycles. The second-order valence-electron chi connectivity index (χ2n) is 6.04. The monoisotopic (exact) mass is 376 g/mol. The van der Waals surface area contributed by atoms with Crippen molar-refractivity contribution >= 4 is 21.6 Å². The summed E-state index contributed by atoms with van der Waals surface area (Å²) in [6.45, 7) is 4.18. The SMILES string of the molecule is COc1ccc(C(=O)NCCN(c2cccc(C)c2C)S(C)(=O)=O)cc1. The van der Waals surface area contributed by atoms with Crippen molar-refractivity contribution < 1.29 is 17.9 Å². The summed E-state index contributed by atoms with van der Waals surface area (Å²) < 4.78 is 30.8. The normalized spacial score (nSPS) is 11.1. The van der Waals surface area contributed by atoms with Crippen LogP contribution in [-0.2, 0) is 10.0 Å². The fourth-order valence-corrected chi connectivity index (χ4v) is 3.56. The lowest BCUT2D eigenvalue weighted by molar-refractivity contribution is 0.0955. The molecule has 7 heteroatoms. The van der Waals surface area contributed by atoms with Crippen molar-refractivity contribution in [2.75, 3.05) is 30.8 Å². The number of carbonyl (C=O) groups excluding carboxylic acids is 1. The van der Waals surface area contributed by atoms with Crippen molar-refractivity contribution in [3.63, 3.8) is 0 Å². The Balaban J connectivity index is 2.08. The van der Waals surface area contributed by atoms with Gasteiger partial charge in [0.25, 0.3) is 5.91 Å². The Hall–Kier alpha value is -2.54. The molecule has 0 bridgehead atoms. The van der Waals surface area contributed by atoms with Crippen LogP contribution in [0.15, 0.2) is 42.5 Å². The number of sulfonamides is 1. The second-order valence-corrected chi connectivity index (χ2v) is 7.95. The number of aryl methyl sites for hydroxylation is 1. The van der Waals surface area contributed by atoms with Gasteiger partial charge in [-0.2, -0.15) is 0 Å². The zero-order valence-corrected chi connectivity index (χ0v) is 16.3. The second kappa shape index (κ2) is 8.23. The zero-order chi connectivity index (χ0) is 19.3. The Morgan fingerprint density at radius 1 is 1.12 bits per heavy atom. The van der Waals surface area contributed by atoms with E-state index in [9.17, 15) is 13.2 Å². The molecule has 0 aliphatic carbocycles. The quantitative estimate of drug-likeness (QED) is 0.806. The summed E-state index contributed by atoms with van der Waals surface area (Å²) in [5.74, 6) is 0.404. The summed E-state index contributed by atoms with van der Waals surface area (Å²) in [6.07, 6.45) is 1.17. The fraction of sp³-hybridized carbons (Fsp3) is 0.316. The minimum atomic E-state index is -3.46.